The van der Waals surface area contributed by atoms with E-state index in [1.54, 1.807) is 18.2 Å². The van der Waals surface area contributed by atoms with Crippen LogP contribution in [0.3, 0.4) is 0 Å². The maximum Gasteiger partial charge on any atom is 0.471 e. The van der Waals surface area contributed by atoms with Gasteiger partial charge in [-0.15, -0.1) is 5.10 Å². The van der Waals surface area contributed by atoms with E-state index in [0.29, 0.717) is 47.0 Å². The molecule has 4 rings (SSSR count). The lowest BCUT2D eigenvalue weighted by Gasteiger charge is -2.20. The molecule has 2 aromatic carbocycles. The number of hydrogen-bond donors (Lipinski definition) is 2. The molecular weight excluding hydrogens is 539 g/mol. The fourth-order valence-electron chi connectivity index (χ4n) is 3.62. The number of halogens is 5. The van der Waals surface area contributed by atoms with E-state index in [2.05, 4.69) is 25.0 Å². The highest BCUT2D eigenvalue weighted by Crippen LogP contribution is 2.42. The minimum atomic E-state index is -6.29. The summed E-state index contributed by atoms with van der Waals surface area (Å²) in [7, 11) is -6.14. The number of tetrazole rings is 1. The second kappa shape index (κ2) is 10.1. The third-order valence-electron chi connectivity index (χ3n) is 5.40. The van der Waals surface area contributed by atoms with Gasteiger partial charge in [0.15, 0.2) is 5.82 Å². The quantitative estimate of drug-likeness (QED) is 0.265. The van der Waals surface area contributed by atoms with E-state index in [9.17, 15) is 30.4 Å². The summed E-state index contributed by atoms with van der Waals surface area (Å²) in [6, 6.07) is 14.6. The van der Waals surface area contributed by atoms with Gasteiger partial charge in [-0.1, -0.05) is 55.8 Å². The number of nitrogens with zero attached hydrogens (tertiary/aromatic N) is 4. The zero-order chi connectivity index (χ0) is 26.8. The number of aryl methyl sites for hydroxylation is 1. The number of nitrogens with one attached hydrogen (secondary N) is 2. The highest BCUT2D eigenvalue weighted by atomic mass is 32.2. The van der Waals surface area contributed by atoms with E-state index >= 15 is 0 Å². The van der Waals surface area contributed by atoms with Crippen molar-refractivity contribution in [1.29, 1.82) is 0 Å². The fraction of sp³-hybridized carbons (Fsp3) is 0.273. The standard InChI is InChI=1S/C22H19F5N6O2S2/c1-2-6-18-17(20(36-30-18)31-37(34,35)22(26,27)21(23,24)25)12-13-9-10-15(14-7-4-3-5-8-14)16(11-13)19-28-32-33-29-19/h3-5,7-11,31H,2,6,12H2,1H3,(H,28,29,32,33). The van der Waals surface area contributed by atoms with Crippen LogP contribution in [0.15, 0.2) is 48.5 Å². The molecule has 0 aliphatic rings. The Morgan fingerprint density at radius 2 is 1.76 bits per heavy atom. The van der Waals surface area contributed by atoms with Crippen LogP contribution in [0.2, 0.25) is 0 Å². The summed E-state index contributed by atoms with van der Waals surface area (Å²) >= 11 is 0.511. The van der Waals surface area contributed by atoms with Gasteiger partial charge in [-0.05, 0) is 51.1 Å². The number of rotatable bonds is 9. The van der Waals surface area contributed by atoms with Crippen molar-refractivity contribution in [2.45, 2.75) is 37.6 Å². The molecule has 0 spiro atoms. The molecule has 2 N–H and O–H groups in total. The van der Waals surface area contributed by atoms with Crippen molar-refractivity contribution < 1.29 is 30.4 Å². The fourth-order valence-corrected chi connectivity index (χ4v) is 5.60. The lowest BCUT2D eigenvalue weighted by Crippen LogP contribution is -2.46. The topological polar surface area (TPSA) is 114 Å². The maximum atomic E-state index is 13.7. The van der Waals surface area contributed by atoms with Gasteiger partial charge in [-0.25, -0.2) is 5.10 Å². The molecule has 196 valence electrons. The smallest absolute Gasteiger partial charge is 0.267 e. The Bertz CT molecular complexity index is 1470. The molecule has 0 fully saturated rings. The Balaban J connectivity index is 1.75. The molecule has 0 unspecified atom stereocenters. The zero-order valence-electron chi connectivity index (χ0n) is 19.1. The zero-order valence-corrected chi connectivity index (χ0v) is 20.7. The molecule has 0 bridgehead atoms. The molecule has 0 saturated carbocycles. The molecule has 0 aliphatic heterocycles. The number of hydrogen-bond acceptors (Lipinski definition) is 7. The minimum absolute atomic E-state index is 0.00487. The van der Waals surface area contributed by atoms with E-state index in [1.807, 2.05) is 37.3 Å². The molecule has 4 aromatic rings. The van der Waals surface area contributed by atoms with Crippen LogP contribution >= 0.6 is 11.5 Å². The van der Waals surface area contributed by atoms with Crippen LogP contribution in [0, 0.1) is 0 Å². The Hall–Kier alpha value is -3.46. The van der Waals surface area contributed by atoms with Crippen molar-refractivity contribution >= 4 is 26.6 Å². The van der Waals surface area contributed by atoms with E-state index in [0.717, 1.165) is 11.1 Å². The van der Waals surface area contributed by atoms with Gasteiger partial charge in [0, 0.05) is 17.5 Å². The van der Waals surface area contributed by atoms with Crippen molar-refractivity contribution in [3.63, 3.8) is 0 Å². The number of alkyl halides is 5. The van der Waals surface area contributed by atoms with Gasteiger partial charge in [0.05, 0.1) is 5.69 Å². The van der Waals surface area contributed by atoms with Gasteiger partial charge in [0.2, 0.25) is 0 Å². The number of H-pyrrole nitrogens is 1. The lowest BCUT2D eigenvalue weighted by atomic mass is 9.94. The van der Waals surface area contributed by atoms with Gasteiger partial charge in [-0.3, -0.25) is 4.72 Å². The summed E-state index contributed by atoms with van der Waals surface area (Å²) in [5.74, 6) is 0.351. The second-order valence-corrected chi connectivity index (χ2v) is 10.5. The number of anilines is 1. The summed E-state index contributed by atoms with van der Waals surface area (Å²) in [5.41, 5.74) is 3.47. The normalized spacial score (nSPS) is 12.6. The molecule has 37 heavy (non-hydrogen) atoms. The third-order valence-corrected chi connectivity index (χ3v) is 7.75. The van der Waals surface area contributed by atoms with Crippen molar-refractivity contribution in [2.75, 3.05) is 4.72 Å². The summed E-state index contributed by atoms with van der Waals surface area (Å²) in [5, 5.41) is 7.48. The molecule has 8 nitrogen and oxygen atoms in total. The van der Waals surface area contributed by atoms with E-state index in [4.69, 9.17) is 0 Å². The summed E-state index contributed by atoms with van der Waals surface area (Å²) in [4.78, 5) is 0. The molecule has 2 aromatic heterocycles. The Morgan fingerprint density at radius 1 is 1.03 bits per heavy atom. The summed E-state index contributed by atoms with van der Waals surface area (Å²) in [6.07, 6.45) is -5.33. The monoisotopic (exact) mass is 558 g/mol. The van der Waals surface area contributed by atoms with Crippen LogP contribution in [0.5, 0.6) is 0 Å². The molecular formula is C22H19F5N6O2S2. The van der Waals surface area contributed by atoms with Crippen LogP contribution < -0.4 is 4.72 Å². The number of sulfonamides is 1. The summed E-state index contributed by atoms with van der Waals surface area (Å²) < 4.78 is 95.3. The van der Waals surface area contributed by atoms with Crippen LogP contribution in [-0.2, 0) is 22.9 Å². The highest BCUT2D eigenvalue weighted by Gasteiger charge is 2.67. The Kier molecular flexibility index (Phi) is 7.28. The number of aromatic amines is 1. The molecule has 2 heterocycles. The largest absolute Gasteiger partial charge is 0.471 e. The lowest BCUT2D eigenvalue weighted by molar-refractivity contribution is -0.241. The highest BCUT2D eigenvalue weighted by molar-refractivity contribution is 7.94. The first-order valence-corrected chi connectivity index (χ1v) is 13.1. The van der Waals surface area contributed by atoms with Crippen LogP contribution in [-0.4, -0.2) is 44.8 Å². The van der Waals surface area contributed by atoms with E-state index in [1.165, 1.54) is 4.72 Å². The second-order valence-electron chi connectivity index (χ2n) is 7.98. The van der Waals surface area contributed by atoms with Crippen molar-refractivity contribution in [2.24, 2.45) is 0 Å². The number of aromatic nitrogens is 5. The van der Waals surface area contributed by atoms with Gasteiger partial charge >= 0.3 is 21.5 Å². The minimum Gasteiger partial charge on any atom is -0.267 e. The first-order valence-electron chi connectivity index (χ1n) is 10.8. The van der Waals surface area contributed by atoms with Crippen molar-refractivity contribution in [3.8, 4) is 22.5 Å². The number of benzene rings is 2. The first-order chi connectivity index (χ1) is 17.4. The van der Waals surface area contributed by atoms with E-state index < -0.39 is 26.5 Å². The molecule has 0 aliphatic carbocycles. The SMILES string of the molecule is CCCc1nsc(NS(=O)(=O)C(F)(F)C(F)(F)F)c1Cc1ccc(-c2ccccc2)c(-c2nnn[nH]2)c1. The summed E-state index contributed by atoms with van der Waals surface area (Å²) in [6.45, 7) is 1.83. The Morgan fingerprint density at radius 3 is 2.38 bits per heavy atom. The van der Waals surface area contributed by atoms with Crippen LogP contribution in [0.25, 0.3) is 22.5 Å². The molecule has 0 radical (unpaired) electrons. The third kappa shape index (κ3) is 5.32. The predicted molar refractivity (Wildman–Crippen MR) is 128 cm³/mol. The average Bonchev–Trinajstić information content (AvgIpc) is 3.50. The Labute approximate surface area is 212 Å². The molecule has 15 heteroatoms. The van der Waals surface area contributed by atoms with Gasteiger partial charge in [-0.2, -0.15) is 34.7 Å². The van der Waals surface area contributed by atoms with Crippen molar-refractivity contribution in [3.05, 3.63) is 65.4 Å². The van der Waals surface area contributed by atoms with E-state index in [-0.39, 0.29) is 12.0 Å². The van der Waals surface area contributed by atoms with Crippen molar-refractivity contribution in [1.82, 2.24) is 25.0 Å². The van der Waals surface area contributed by atoms with Gasteiger partial charge < -0.3 is 0 Å². The average molecular weight is 559 g/mol. The predicted octanol–water partition coefficient (Wildman–Crippen LogP) is 5.43. The van der Waals surface area contributed by atoms with Crippen LogP contribution in [0.4, 0.5) is 27.0 Å². The molecule has 0 amide bonds. The van der Waals surface area contributed by atoms with Crippen LogP contribution in [0.1, 0.15) is 30.2 Å². The first kappa shape index (κ1) is 26.6. The maximum absolute atomic E-state index is 13.7. The van der Waals surface area contributed by atoms with Gasteiger partial charge in [0.1, 0.15) is 5.00 Å². The molecule has 0 atom stereocenters. The molecule has 0 saturated heterocycles. The van der Waals surface area contributed by atoms with Gasteiger partial charge in [0.25, 0.3) is 0 Å².